The van der Waals surface area contributed by atoms with Crippen LogP contribution in [0.25, 0.3) is 0 Å². The molecule has 1 aliphatic heterocycles. The van der Waals surface area contributed by atoms with Crippen LogP contribution in [0.4, 0.5) is 0 Å². The maximum Gasteiger partial charge on any atom is 0.160 e. The van der Waals surface area contributed by atoms with E-state index in [1.165, 1.54) is 12.0 Å². The number of likely N-dealkylation sites (tertiary alicyclic amines) is 1. The van der Waals surface area contributed by atoms with E-state index < -0.39 is 0 Å². The minimum absolute atomic E-state index is 0.191. The monoisotopic (exact) mass is 316 g/mol. The van der Waals surface area contributed by atoms with E-state index in [2.05, 4.69) is 17.0 Å². The molecular formula is C18H24N2O3. The number of phenolic OH excluding ortho intramolecular Hbond substituents is 1. The van der Waals surface area contributed by atoms with Gasteiger partial charge in [0.1, 0.15) is 5.76 Å². The number of hydrogen-bond donors (Lipinski definition) is 1. The van der Waals surface area contributed by atoms with E-state index in [0.717, 1.165) is 42.9 Å². The second-order valence-corrected chi connectivity index (χ2v) is 6.09. The van der Waals surface area contributed by atoms with Crippen molar-refractivity contribution in [3.63, 3.8) is 0 Å². The van der Waals surface area contributed by atoms with E-state index in [1.54, 1.807) is 13.2 Å². The SMILES string of the molecule is CCc1onc(C)c1[C@@H]1CCCN1Cc1ccc(OC)c(O)c1. The van der Waals surface area contributed by atoms with Gasteiger partial charge in [-0.05, 0) is 44.0 Å². The summed E-state index contributed by atoms with van der Waals surface area (Å²) in [5, 5.41) is 14.1. The molecule has 2 heterocycles. The summed E-state index contributed by atoms with van der Waals surface area (Å²) in [5.74, 6) is 1.70. The molecule has 1 N–H and O–H groups in total. The van der Waals surface area contributed by atoms with Gasteiger partial charge in [0, 0.05) is 24.6 Å². The normalized spacial score (nSPS) is 18.5. The third-order valence-corrected chi connectivity index (χ3v) is 4.63. The van der Waals surface area contributed by atoms with Crippen molar-refractivity contribution in [1.82, 2.24) is 10.1 Å². The predicted octanol–water partition coefficient (Wildman–Crippen LogP) is 3.60. The van der Waals surface area contributed by atoms with Crippen molar-refractivity contribution in [1.29, 1.82) is 0 Å². The number of aromatic nitrogens is 1. The van der Waals surface area contributed by atoms with Gasteiger partial charge >= 0.3 is 0 Å². The van der Waals surface area contributed by atoms with Gasteiger partial charge in [0.05, 0.1) is 12.8 Å². The fourth-order valence-corrected chi connectivity index (χ4v) is 3.52. The Bertz CT molecular complexity index is 681. The van der Waals surface area contributed by atoms with E-state index in [4.69, 9.17) is 9.26 Å². The number of nitrogens with zero attached hydrogens (tertiary/aromatic N) is 2. The molecule has 1 fully saturated rings. The Morgan fingerprint density at radius 1 is 1.43 bits per heavy atom. The van der Waals surface area contributed by atoms with E-state index in [1.807, 2.05) is 19.1 Å². The smallest absolute Gasteiger partial charge is 0.160 e. The molecule has 0 amide bonds. The first-order valence-electron chi connectivity index (χ1n) is 8.19. The largest absolute Gasteiger partial charge is 0.504 e. The third-order valence-electron chi connectivity index (χ3n) is 4.63. The van der Waals surface area contributed by atoms with Gasteiger partial charge in [0.2, 0.25) is 0 Å². The van der Waals surface area contributed by atoms with Crippen LogP contribution in [0.1, 0.15) is 48.4 Å². The van der Waals surface area contributed by atoms with E-state index in [-0.39, 0.29) is 5.75 Å². The minimum Gasteiger partial charge on any atom is -0.504 e. The molecule has 2 aromatic rings. The van der Waals surface area contributed by atoms with Crippen LogP contribution in [-0.2, 0) is 13.0 Å². The number of hydrogen-bond acceptors (Lipinski definition) is 5. The van der Waals surface area contributed by atoms with E-state index in [0.29, 0.717) is 11.8 Å². The van der Waals surface area contributed by atoms with Crippen molar-refractivity contribution < 1.29 is 14.4 Å². The van der Waals surface area contributed by atoms with Gasteiger partial charge in [-0.25, -0.2) is 0 Å². The second kappa shape index (κ2) is 6.62. The molecule has 1 aliphatic rings. The zero-order valence-corrected chi connectivity index (χ0v) is 14.0. The quantitative estimate of drug-likeness (QED) is 0.913. The number of phenols is 1. The van der Waals surface area contributed by atoms with Crippen LogP contribution in [0.5, 0.6) is 11.5 Å². The van der Waals surface area contributed by atoms with Gasteiger partial charge in [-0.1, -0.05) is 18.1 Å². The lowest BCUT2D eigenvalue weighted by Crippen LogP contribution is -2.23. The summed E-state index contributed by atoms with van der Waals surface area (Å²) in [7, 11) is 1.56. The predicted molar refractivity (Wildman–Crippen MR) is 87.7 cm³/mol. The Balaban J connectivity index is 1.82. The van der Waals surface area contributed by atoms with Gasteiger partial charge in [-0.15, -0.1) is 0 Å². The summed E-state index contributed by atoms with van der Waals surface area (Å²) in [6, 6.07) is 5.96. The fourth-order valence-electron chi connectivity index (χ4n) is 3.52. The molecule has 1 aromatic heterocycles. The lowest BCUT2D eigenvalue weighted by atomic mass is 10.0. The summed E-state index contributed by atoms with van der Waals surface area (Å²) in [6.07, 6.45) is 3.15. The number of methoxy groups -OCH3 is 1. The van der Waals surface area contributed by atoms with Crippen molar-refractivity contribution in [2.75, 3.05) is 13.7 Å². The van der Waals surface area contributed by atoms with Crippen molar-refractivity contribution in [3.8, 4) is 11.5 Å². The van der Waals surface area contributed by atoms with Crippen LogP contribution in [0.3, 0.4) is 0 Å². The summed E-state index contributed by atoms with van der Waals surface area (Å²) in [6.45, 7) is 5.97. The number of aromatic hydroxyl groups is 1. The highest BCUT2D eigenvalue weighted by molar-refractivity contribution is 5.41. The Labute approximate surface area is 136 Å². The molecule has 5 nitrogen and oxygen atoms in total. The zero-order valence-electron chi connectivity index (χ0n) is 14.0. The zero-order chi connectivity index (χ0) is 16.4. The van der Waals surface area contributed by atoms with Crippen molar-refractivity contribution >= 4 is 0 Å². The molecule has 23 heavy (non-hydrogen) atoms. The van der Waals surface area contributed by atoms with Crippen LogP contribution >= 0.6 is 0 Å². The minimum atomic E-state index is 0.191. The van der Waals surface area contributed by atoms with Crippen LogP contribution in [-0.4, -0.2) is 28.8 Å². The molecule has 0 radical (unpaired) electrons. The Morgan fingerprint density at radius 2 is 2.26 bits per heavy atom. The Hall–Kier alpha value is -2.01. The van der Waals surface area contributed by atoms with Gasteiger partial charge in [0.15, 0.2) is 11.5 Å². The summed E-state index contributed by atoms with van der Waals surface area (Å²) in [4.78, 5) is 2.44. The van der Waals surface area contributed by atoms with E-state index >= 15 is 0 Å². The molecule has 3 rings (SSSR count). The van der Waals surface area contributed by atoms with Crippen LogP contribution in [0, 0.1) is 6.92 Å². The maximum absolute atomic E-state index is 9.97. The molecule has 0 saturated carbocycles. The molecule has 124 valence electrons. The molecule has 1 saturated heterocycles. The first kappa shape index (κ1) is 15.9. The first-order chi connectivity index (χ1) is 11.1. The summed E-state index contributed by atoms with van der Waals surface area (Å²) >= 11 is 0. The van der Waals surface area contributed by atoms with Gasteiger partial charge in [-0.2, -0.15) is 0 Å². The number of ether oxygens (including phenoxy) is 1. The maximum atomic E-state index is 9.97. The van der Waals surface area contributed by atoms with Crippen molar-refractivity contribution in [2.45, 2.75) is 45.7 Å². The van der Waals surface area contributed by atoms with Crippen molar-refractivity contribution in [3.05, 3.63) is 40.8 Å². The second-order valence-electron chi connectivity index (χ2n) is 6.09. The molecule has 0 unspecified atom stereocenters. The average Bonchev–Trinajstić information content (AvgIpc) is 3.13. The molecular weight excluding hydrogens is 292 g/mol. The van der Waals surface area contributed by atoms with Crippen molar-refractivity contribution in [2.24, 2.45) is 0 Å². The Kier molecular flexibility index (Phi) is 4.57. The molecule has 1 aromatic carbocycles. The van der Waals surface area contributed by atoms with Crippen LogP contribution < -0.4 is 4.74 Å². The molecule has 0 bridgehead atoms. The van der Waals surface area contributed by atoms with Gasteiger partial charge in [-0.3, -0.25) is 4.90 Å². The third kappa shape index (κ3) is 3.06. The molecule has 1 atom stereocenters. The number of rotatable bonds is 5. The van der Waals surface area contributed by atoms with E-state index in [9.17, 15) is 5.11 Å². The number of aryl methyl sites for hydroxylation is 2. The molecule has 0 aliphatic carbocycles. The fraction of sp³-hybridized carbons (Fsp3) is 0.500. The Morgan fingerprint density at radius 3 is 2.96 bits per heavy atom. The highest BCUT2D eigenvalue weighted by Crippen LogP contribution is 2.37. The van der Waals surface area contributed by atoms with Gasteiger partial charge < -0.3 is 14.4 Å². The highest BCUT2D eigenvalue weighted by Gasteiger charge is 2.31. The standard InChI is InChI=1S/C18H24N2O3/c1-4-16-18(12(2)19-23-16)14-6-5-9-20(14)11-13-7-8-17(22-3)15(21)10-13/h7-8,10,14,21H,4-6,9,11H2,1-3H3/t14-/m0/s1. The van der Waals surface area contributed by atoms with Crippen LogP contribution in [0.2, 0.25) is 0 Å². The first-order valence-corrected chi connectivity index (χ1v) is 8.19. The van der Waals surface area contributed by atoms with Crippen LogP contribution in [0.15, 0.2) is 22.7 Å². The highest BCUT2D eigenvalue weighted by atomic mass is 16.5. The van der Waals surface area contributed by atoms with Gasteiger partial charge in [0.25, 0.3) is 0 Å². The molecule has 0 spiro atoms. The lowest BCUT2D eigenvalue weighted by Gasteiger charge is -2.25. The molecule has 5 heteroatoms. The summed E-state index contributed by atoms with van der Waals surface area (Å²) in [5.41, 5.74) is 3.33. The topological polar surface area (TPSA) is 58.7 Å². The summed E-state index contributed by atoms with van der Waals surface area (Å²) < 4.78 is 10.6. The average molecular weight is 316 g/mol. The lowest BCUT2D eigenvalue weighted by molar-refractivity contribution is 0.244. The number of benzene rings is 1.